The van der Waals surface area contributed by atoms with Gasteiger partial charge in [0.2, 0.25) is 5.91 Å². The van der Waals surface area contributed by atoms with Crippen molar-refractivity contribution in [3.8, 4) is 0 Å². The predicted molar refractivity (Wildman–Crippen MR) is 52.6 cm³/mol. The fraction of sp³-hybridized carbons (Fsp3) is 0.778. The maximum atomic E-state index is 11.9. The second-order valence-corrected chi connectivity index (χ2v) is 4.28. The van der Waals surface area contributed by atoms with Gasteiger partial charge in [-0.1, -0.05) is 25.0 Å². The Morgan fingerprint density at radius 3 is 2.87 bits per heavy atom. The molecule has 2 rings (SSSR count). The largest absolute Gasteiger partial charge is 0.348 e. The predicted octanol–water partition coefficient (Wildman–Crippen LogP) is 0.396. The molecule has 2 N–H and O–H groups in total. The number of aromatic nitrogens is 4. The van der Waals surface area contributed by atoms with Crippen molar-refractivity contribution in [3.63, 3.8) is 0 Å². The number of carbonyl (C=O) groups is 1. The number of nitrogens with zero attached hydrogens (tertiary/aromatic N) is 3. The Labute approximate surface area is 87.8 Å². The second-order valence-electron chi connectivity index (χ2n) is 4.28. The third-order valence-corrected chi connectivity index (χ3v) is 3.05. The van der Waals surface area contributed by atoms with Crippen LogP contribution in [0.25, 0.3) is 0 Å². The summed E-state index contributed by atoms with van der Waals surface area (Å²) in [5.74, 6) is 0.620. The van der Waals surface area contributed by atoms with E-state index >= 15 is 0 Å². The first-order valence-corrected chi connectivity index (χ1v) is 5.21. The topological polar surface area (TPSA) is 83.6 Å². The monoisotopic (exact) mass is 209 g/mol. The molecule has 15 heavy (non-hydrogen) atoms. The minimum absolute atomic E-state index is 0.102. The number of tetrazole rings is 1. The average molecular weight is 209 g/mol. The SMILES string of the molecule is CC1(C(=O)NCc2nn[nH]n2)CCCC1. The Bertz CT molecular complexity index is 328. The third kappa shape index (κ3) is 2.14. The van der Waals surface area contributed by atoms with Crippen LogP contribution in [0.3, 0.4) is 0 Å². The summed E-state index contributed by atoms with van der Waals surface area (Å²) in [5, 5.41) is 16.2. The van der Waals surface area contributed by atoms with Gasteiger partial charge in [-0.15, -0.1) is 10.2 Å². The molecule has 0 aromatic carbocycles. The van der Waals surface area contributed by atoms with Crippen LogP contribution in [0.4, 0.5) is 0 Å². The van der Waals surface area contributed by atoms with E-state index in [4.69, 9.17) is 0 Å². The molecule has 1 amide bonds. The quantitative estimate of drug-likeness (QED) is 0.754. The molecular formula is C9H15N5O. The molecule has 0 unspecified atom stereocenters. The lowest BCUT2D eigenvalue weighted by Crippen LogP contribution is -2.36. The Balaban J connectivity index is 1.87. The van der Waals surface area contributed by atoms with E-state index in [1.54, 1.807) is 0 Å². The van der Waals surface area contributed by atoms with Gasteiger partial charge in [0, 0.05) is 5.41 Å². The zero-order chi connectivity index (χ0) is 10.7. The van der Waals surface area contributed by atoms with E-state index in [9.17, 15) is 4.79 Å². The van der Waals surface area contributed by atoms with Crippen LogP contribution in [0.1, 0.15) is 38.4 Å². The van der Waals surface area contributed by atoms with Gasteiger partial charge in [-0.2, -0.15) is 5.21 Å². The summed E-state index contributed by atoms with van der Waals surface area (Å²) < 4.78 is 0. The van der Waals surface area contributed by atoms with E-state index in [0.29, 0.717) is 12.4 Å². The van der Waals surface area contributed by atoms with Crippen LogP contribution in [-0.2, 0) is 11.3 Å². The first-order valence-electron chi connectivity index (χ1n) is 5.21. The smallest absolute Gasteiger partial charge is 0.226 e. The van der Waals surface area contributed by atoms with Crippen LogP contribution in [-0.4, -0.2) is 26.5 Å². The lowest BCUT2D eigenvalue weighted by molar-refractivity contribution is -0.130. The van der Waals surface area contributed by atoms with Gasteiger partial charge in [0.25, 0.3) is 0 Å². The molecule has 1 heterocycles. The molecule has 0 radical (unpaired) electrons. The van der Waals surface area contributed by atoms with E-state index in [2.05, 4.69) is 25.9 Å². The molecule has 0 saturated heterocycles. The maximum Gasteiger partial charge on any atom is 0.226 e. The molecule has 1 aliphatic rings. The number of nitrogens with one attached hydrogen (secondary N) is 2. The number of carbonyl (C=O) groups excluding carboxylic acids is 1. The second kappa shape index (κ2) is 3.96. The highest BCUT2D eigenvalue weighted by atomic mass is 16.2. The zero-order valence-corrected chi connectivity index (χ0v) is 8.79. The Morgan fingerprint density at radius 2 is 2.27 bits per heavy atom. The Kier molecular flexibility index (Phi) is 2.66. The molecule has 1 fully saturated rings. The Morgan fingerprint density at radius 1 is 1.53 bits per heavy atom. The van der Waals surface area contributed by atoms with Gasteiger partial charge in [-0.05, 0) is 12.8 Å². The summed E-state index contributed by atoms with van der Waals surface area (Å²) in [6, 6.07) is 0. The van der Waals surface area contributed by atoms with E-state index in [1.807, 2.05) is 6.92 Å². The van der Waals surface area contributed by atoms with Crippen molar-refractivity contribution in [1.29, 1.82) is 0 Å². The lowest BCUT2D eigenvalue weighted by atomic mass is 9.88. The molecule has 0 bridgehead atoms. The number of amides is 1. The summed E-state index contributed by atoms with van der Waals surface area (Å²) in [5.41, 5.74) is -0.191. The average Bonchev–Trinajstić information content (AvgIpc) is 2.85. The number of hydrogen-bond donors (Lipinski definition) is 2. The van der Waals surface area contributed by atoms with Crippen molar-refractivity contribution in [2.24, 2.45) is 5.41 Å². The highest BCUT2D eigenvalue weighted by molar-refractivity contribution is 5.82. The molecule has 0 aliphatic heterocycles. The van der Waals surface area contributed by atoms with Crippen LogP contribution in [0, 0.1) is 5.41 Å². The minimum atomic E-state index is -0.191. The molecule has 6 nitrogen and oxygen atoms in total. The Hall–Kier alpha value is -1.46. The number of rotatable bonds is 3. The van der Waals surface area contributed by atoms with Gasteiger partial charge in [0.15, 0.2) is 5.82 Å². The van der Waals surface area contributed by atoms with E-state index in [0.717, 1.165) is 25.7 Å². The first kappa shape index (κ1) is 10.1. The van der Waals surface area contributed by atoms with Crippen molar-refractivity contribution >= 4 is 5.91 Å². The van der Waals surface area contributed by atoms with Crippen LogP contribution in [0.2, 0.25) is 0 Å². The van der Waals surface area contributed by atoms with Crippen molar-refractivity contribution in [2.75, 3.05) is 0 Å². The summed E-state index contributed by atoms with van der Waals surface area (Å²) in [4.78, 5) is 11.9. The standard InChI is InChI=1S/C9H15N5O/c1-9(4-2-3-5-9)8(15)10-6-7-11-13-14-12-7/h2-6H2,1H3,(H,10,15)(H,11,12,13,14). The van der Waals surface area contributed by atoms with Crippen LogP contribution >= 0.6 is 0 Å². The molecule has 6 heteroatoms. The van der Waals surface area contributed by atoms with Crippen molar-refractivity contribution in [3.05, 3.63) is 5.82 Å². The summed E-state index contributed by atoms with van der Waals surface area (Å²) in [6.45, 7) is 2.37. The van der Waals surface area contributed by atoms with Crippen molar-refractivity contribution in [1.82, 2.24) is 25.9 Å². The van der Waals surface area contributed by atoms with Gasteiger partial charge in [0.1, 0.15) is 0 Å². The van der Waals surface area contributed by atoms with Gasteiger partial charge in [-0.3, -0.25) is 4.79 Å². The fourth-order valence-corrected chi connectivity index (χ4v) is 2.01. The van der Waals surface area contributed by atoms with Gasteiger partial charge in [-0.25, -0.2) is 0 Å². The van der Waals surface area contributed by atoms with Crippen LogP contribution in [0.5, 0.6) is 0 Å². The van der Waals surface area contributed by atoms with Gasteiger partial charge >= 0.3 is 0 Å². The van der Waals surface area contributed by atoms with E-state index in [-0.39, 0.29) is 11.3 Å². The third-order valence-electron chi connectivity index (χ3n) is 3.05. The zero-order valence-electron chi connectivity index (χ0n) is 8.79. The number of H-pyrrole nitrogens is 1. The highest BCUT2D eigenvalue weighted by Gasteiger charge is 2.35. The normalized spacial score (nSPS) is 19.0. The fourth-order valence-electron chi connectivity index (χ4n) is 2.01. The molecule has 1 aromatic heterocycles. The summed E-state index contributed by atoms with van der Waals surface area (Å²) in [7, 11) is 0. The van der Waals surface area contributed by atoms with Crippen LogP contribution < -0.4 is 5.32 Å². The highest BCUT2D eigenvalue weighted by Crippen LogP contribution is 2.37. The van der Waals surface area contributed by atoms with Crippen molar-refractivity contribution < 1.29 is 4.79 Å². The molecule has 0 atom stereocenters. The number of hydrogen-bond acceptors (Lipinski definition) is 4. The maximum absolute atomic E-state index is 11.9. The summed E-state index contributed by atoms with van der Waals surface area (Å²) in [6.07, 6.45) is 4.24. The molecule has 1 saturated carbocycles. The van der Waals surface area contributed by atoms with E-state index in [1.165, 1.54) is 0 Å². The van der Waals surface area contributed by atoms with Gasteiger partial charge < -0.3 is 5.32 Å². The lowest BCUT2D eigenvalue weighted by Gasteiger charge is -2.21. The summed E-state index contributed by atoms with van der Waals surface area (Å²) >= 11 is 0. The van der Waals surface area contributed by atoms with Crippen LogP contribution in [0.15, 0.2) is 0 Å². The molecule has 82 valence electrons. The first-order chi connectivity index (χ1) is 7.21. The van der Waals surface area contributed by atoms with Crippen molar-refractivity contribution in [2.45, 2.75) is 39.2 Å². The minimum Gasteiger partial charge on any atom is -0.348 e. The van der Waals surface area contributed by atoms with Gasteiger partial charge in [0.05, 0.1) is 6.54 Å². The molecule has 0 spiro atoms. The number of aromatic amines is 1. The molecule has 1 aliphatic carbocycles. The van der Waals surface area contributed by atoms with E-state index < -0.39 is 0 Å². The molecular weight excluding hydrogens is 194 g/mol. The molecule has 1 aromatic rings.